The molecule has 0 amide bonds. The van der Waals surface area contributed by atoms with Crippen LogP contribution in [0.3, 0.4) is 0 Å². The van der Waals surface area contributed by atoms with Gasteiger partial charge < -0.3 is 4.74 Å². The van der Waals surface area contributed by atoms with Gasteiger partial charge in [-0.2, -0.15) is 0 Å². The maximum absolute atomic E-state index is 8.13. The Morgan fingerprint density at radius 2 is 1.71 bits per heavy atom. The minimum absolute atomic E-state index is 0.475. The van der Waals surface area contributed by atoms with Crippen molar-refractivity contribution >= 4 is 22.9 Å². The summed E-state index contributed by atoms with van der Waals surface area (Å²) in [4.78, 5) is 0.475. The number of thiazole rings is 1. The Balaban J connectivity index is 2.11. The van der Waals surface area contributed by atoms with E-state index in [0.717, 1.165) is 22.7 Å². The van der Waals surface area contributed by atoms with Crippen molar-refractivity contribution in [2.45, 2.75) is 0 Å². The SMILES string of the molecule is COc1ccc(-c2csc(=N)n2-c2ccc(Cl)cc2)cc1. The van der Waals surface area contributed by atoms with Crippen molar-refractivity contribution < 1.29 is 4.74 Å². The van der Waals surface area contributed by atoms with Crippen LogP contribution in [0.25, 0.3) is 16.9 Å². The first-order valence-corrected chi connectivity index (χ1v) is 7.60. The van der Waals surface area contributed by atoms with Gasteiger partial charge in [-0.3, -0.25) is 9.98 Å². The van der Waals surface area contributed by atoms with Gasteiger partial charge in [0, 0.05) is 16.1 Å². The second-order valence-corrected chi connectivity index (χ2v) is 5.76. The van der Waals surface area contributed by atoms with E-state index >= 15 is 0 Å². The maximum atomic E-state index is 8.13. The predicted molar refractivity (Wildman–Crippen MR) is 86.5 cm³/mol. The van der Waals surface area contributed by atoms with Crippen LogP contribution < -0.4 is 9.54 Å². The molecule has 0 unspecified atom stereocenters. The summed E-state index contributed by atoms with van der Waals surface area (Å²) in [6, 6.07) is 15.3. The molecule has 0 bridgehead atoms. The van der Waals surface area contributed by atoms with E-state index in [1.165, 1.54) is 11.3 Å². The maximum Gasteiger partial charge on any atom is 0.187 e. The molecule has 2 aromatic carbocycles. The highest BCUT2D eigenvalue weighted by Crippen LogP contribution is 2.25. The first kappa shape index (κ1) is 13.9. The molecule has 3 aromatic rings. The standard InChI is InChI=1S/C16H13ClN2OS/c1-20-14-8-2-11(3-9-14)15-10-21-16(18)19(15)13-6-4-12(17)5-7-13/h2-10,18H,1H3. The predicted octanol–water partition coefficient (Wildman–Crippen LogP) is 4.35. The number of halogens is 1. The molecule has 0 aliphatic carbocycles. The lowest BCUT2D eigenvalue weighted by Gasteiger charge is -2.09. The van der Waals surface area contributed by atoms with Crippen molar-refractivity contribution in [2.75, 3.05) is 7.11 Å². The number of rotatable bonds is 3. The van der Waals surface area contributed by atoms with Gasteiger partial charge >= 0.3 is 0 Å². The molecule has 3 rings (SSSR count). The molecular weight excluding hydrogens is 304 g/mol. The number of benzene rings is 2. The number of hydrogen-bond donors (Lipinski definition) is 1. The first-order chi connectivity index (χ1) is 10.2. The molecule has 1 heterocycles. The van der Waals surface area contributed by atoms with Crippen molar-refractivity contribution in [1.29, 1.82) is 5.41 Å². The number of nitrogens with zero attached hydrogens (tertiary/aromatic N) is 1. The number of ether oxygens (including phenoxy) is 1. The highest BCUT2D eigenvalue weighted by Gasteiger charge is 2.09. The summed E-state index contributed by atoms with van der Waals surface area (Å²) in [6.07, 6.45) is 0. The highest BCUT2D eigenvalue weighted by atomic mass is 35.5. The monoisotopic (exact) mass is 316 g/mol. The number of nitrogens with one attached hydrogen (secondary N) is 1. The average Bonchev–Trinajstić information content (AvgIpc) is 2.90. The van der Waals surface area contributed by atoms with Crippen LogP contribution in [0, 0.1) is 5.41 Å². The van der Waals surface area contributed by atoms with E-state index in [9.17, 15) is 0 Å². The second-order valence-electron chi connectivity index (χ2n) is 4.47. The molecule has 0 radical (unpaired) electrons. The van der Waals surface area contributed by atoms with Crippen LogP contribution in [0.4, 0.5) is 0 Å². The Bertz CT molecular complexity index is 804. The van der Waals surface area contributed by atoms with Gasteiger partial charge in [-0.15, -0.1) is 11.3 Å². The molecule has 106 valence electrons. The van der Waals surface area contributed by atoms with Crippen molar-refractivity contribution in [3.63, 3.8) is 0 Å². The minimum atomic E-state index is 0.475. The molecule has 21 heavy (non-hydrogen) atoms. The van der Waals surface area contributed by atoms with Crippen LogP contribution in [0.1, 0.15) is 0 Å². The van der Waals surface area contributed by atoms with Crippen LogP contribution in [0.5, 0.6) is 5.75 Å². The summed E-state index contributed by atoms with van der Waals surface area (Å²) in [5.41, 5.74) is 2.95. The van der Waals surface area contributed by atoms with Gasteiger partial charge in [0.15, 0.2) is 4.80 Å². The molecule has 0 saturated heterocycles. The van der Waals surface area contributed by atoms with Gasteiger partial charge in [-0.05, 0) is 54.1 Å². The summed E-state index contributed by atoms with van der Waals surface area (Å²) in [7, 11) is 1.65. The van der Waals surface area contributed by atoms with Gasteiger partial charge in [0.1, 0.15) is 5.75 Å². The number of hydrogen-bond acceptors (Lipinski definition) is 3. The Morgan fingerprint density at radius 1 is 1.05 bits per heavy atom. The molecule has 0 saturated carbocycles. The zero-order valence-electron chi connectivity index (χ0n) is 11.3. The van der Waals surface area contributed by atoms with Crippen LogP contribution in [-0.2, 0) is 0 Å². The smallest absolute Gasteiger partial charge is 0.187 e. The highest BCUT2D eigenvalue weighted by molar-refractivity contribution is 7.07. The van der Waals surface area contributed by atoms with Crippen LogP contribution >= 0.6 is 22.9 Å². The van der Waals surface area contributed by atoms with E-state index in [4.69, 9.17) is 21.7 Å². The van der Waals surface area contributed by atoms with E-state index in [1.807, 2.05) is 58.5 Å². The van der Waals surface area contributed by atoms with Crippen molar-refractivity contribution in [3.05, 3.63) is 63.7 Å². The summed E-state index contributed by atoms with van der Waals surface area (Å²) in [6.45, 7) is 0. The Labute approximate surface area is 131 Å². The number of methoxy groups -OCH3 is 1. The van der Waals surface area contributed by atoms with Crippen molar-refractivity contribution in [3.8, 4) is 22.7 Å². The lowest BCUT2D eigenvalue weighted by molar-refractivity contribution is 0.415. The van der Waals surface area contributed by atoms with Gasteiger partial charge in [0.2, 0.25) is 0 Å². The molecule has 3 nitrogen and oxygen atoms in total. The third-order valence-corrected chi connectivity index (χ3v) is 4.20. The molecule has 0 spiro atoms. The largest absolute Gasteiger partial charge is 0.497 e. The minimum Gasteiger partial charge on any atom is -0.497 e. The lowest BCUT2D eigenvalue weighted by Crippen LogP contribution is -2.11. The molecule has 0 aliphatic heterocycles. The van der Waals surface area contributed by atoms with Gasteiger partial charge in [0.25, 0.3) is 0 Å². The fourth-order valence-corrected chi connectivity index (χ4v) is 3.03. The third kappa shape index (κ3) is 2.73. The summed E-state index contributed by atoms with van der Waals surface area (Å²) in [5.74, 6) is 0.818. The third-order valence-electron chi connectivity index (χ3n) is 3.20. The Morgan fingerprint density at radius 3 is 2.33 bits per heavy atom. The Kier molecular flexibility index (Phi) is 3.82. The van der Waals surface area contributed by atoms with E-state index in [2.05, 4.69) is 0 Å². The molecular formula is C16H13ClN2OS. The molecule has 0 aliphatic rings. The topological polar surface area (TPSA) is 38.0 Å². The van der Waals surface area contributed by atoms with E-state index in [0.29, 0.717) is 9.82 Å². The summed E-state index contributed by atoms with van der Waals surface area (Å²) >= 11 is 7.34. The zero-order chi connectivity index (χ0) is 14.8. The lowest BCUT2D eigenvalue weighted by atomic mass is 10.1. The van der Waals surface area contributed by atoms with Crippen LogP contribution in [0.15, 0.2) is 53.9 Å². The van der Waals surface area contributed by atoms with Crippen molar-refractivity contribution in [2.24, 2.45) is 0 Å². The summed E-state index contributed by atoms with van der Waals surface area (Å²) in [5, 5.41) is 10.8. The van der Waals surface area contributed by atoms with E-state index in [1.54, 1.807) is 7.11 Å². The fourth-order valence-electron chi connectivity index (χ4n) is 2.13. The van der Waals surface area contributed by atoms with Gasteiger partial charge in [0.05, 0.1) is 12.8 Å². The fraction of sp³-hybridized carbons (Fsp3) is 0.0625. The van der Waals surface area contributed by atoms with Gasteiger partial charge in [-0.25, -0.2) is 0 Å². The average molecular weight is 317 g/mol. The normalized spacial score (nSPS) is 10.6. The quantitative estimate of drug-likeness (QED) is 0.766. The van der Waals surface area contributed by atoms with Crippen LogP contribution in [0.2, 0.25) is 5.02 Å². The van der Waals surface area contributed by atoms with Crippen molar-refractivity contribution in [1.82, 2.24) is 4.57 Å². The van der Waals surface area contributed by atoms with E-state index < -0.39 is 0 Å². The molecule has 0 atom stereocenters. The molecule has 1 N–H and O–H groups in total. The zero-order valence-corrected chi connectivity index (χ0v) is 12.9. The second kappa shape index (κ2) is 5.76. The first-order valence-electron chi connectivity index (χ1n) is 6.34. The summed E-state index contributed by atoms with van der Waals surface area (Å²) < 4.78 is 7.09. The van der Waals surface area contributed by atoms with E-state index in [-0.39, 0.29) is 0 Å². The molecule has 1 aromatic heterocycles. The number of aromatic nitrogens is 1. The molecule has 0 fully saturated rings. The molecule has 5 heteroatoms. The Hall–Kier alpha value is -2.04. The van der Waals surface area contributed by atoms with Crippen LogP contribution in [-0.4, -0.2) is 11.7 Å². The van der Waals surface area contributed by atoms with Gasteiger partial charge in [-0.1, -0.05) is 11.6 Å².